The third-order valence-electron chi connectivity index (χ3n) is 2.68. The number of nitrogens with one attached hydrogen (secondary N) is 1. The molecule has 1 aliphatic heterocycles. The molecule has 0 bridgehead atoms. The summed E-state index contributed by atoms with van der Waals surface area (Å²) in [6.45, 7) is 2.87. The molecular formula is C11H21N3O4. The molecule has 7 nitrogen and oxygen atoms in total. The van der Waals surface area contributed by atoms with Crippen molar-refractivity contribution in [2.45, 2.75) is 12.5 Å². The highest BCUT2D eigenvalue weighted by Gasteiger charge is 2.17. The van der Waals surface area contributed by atoms with Gasteiger partial charge in [0.25, 0.3) is 0 Å². The molecular weight excluding hydrogens is 238 g/mol. The van der Waals surface area contributed by atoms with Crippen LogP contribution in [0, 0.1) is 0 Å². The Hall–Kier alpha value is -1.18. The van der Waals surface area contributed by atoms with E-state index < -0.39 is 6.04 Å². The number of nitrogens with zero attached hydrogens (tertiary/aromatic N) is 1. The number of nitrogens with two attached hydrogens (primary N) is 1. The monoisotopic (exact) mass is 259 g/mol. The first-order valence-electron chi connectivity index (χ1n) is 6.03. The summed E-state index contributed by atoms with van der Waals surface area (Å²) in [4.78, 5) is 24.9. The Morgan fingerprint density at radius 3 is 2.72 bits per heavy atom. The van der Waals surface area contributed by atoms with Crippen molar-refractivity contribution in [1.29, 1.82) is 0 Å². The van der Waals surface area contributed by atoms with Gasteiger partial charge in [0.2, 0.25) is 11.8 Å². The van der Waals surface area contributed by atoms with Gasteiger partial charge in [-0.2, -0.15) is 0 Å². The summed E-state index contributed by atoms with van der Waals surface area (Å²) in [5, 5.41) is 2.61. The second-order valence-electron chi connectivity index (χ2n) is 4.10. The quantitative estimate of drug-likeness (QED) is 0.594. The molecule has 1 atom stereocenters. The smallest absolute Gasteiger partial charge is 0.239 e. The van der Waals surface area contributed by atoms with Crippen molar-refractivity contribution >= 4 is 11.8 Å². The highest BCUT2D eigenvalue weighted by atomic mass is 16.5. The molecule has 0 spiro atoms. The van der Waals surface area contributed by atoms with Crippen LogP contribution >= 0.6 is 0 Å². The first-order valence-corrected chi connectivity index (χ1v) is 6.03. The maximum absolute atomic E-state index is 11.7. The number of hydrogen-bond donors (Lipinski definition) is 2. The summed E-state index contributed by atoms with van der Waals surface area (Å²) in [5.41, 5.74) is 5.54. The Labute approximate surface area is 107 Å². The minimum Gasteiger partial charge on any atom is -0.383 e. The molecule has 0 aromatic rings. The average Bonchev–Trinajstić information content (AvgIpc) is 2.39. The van der Waals surface area contributed by atoms with E-state index in [-0.39, 0.29) is 24.8 Å². The third-order valence-corrected chi connectivity index (χ3v) is 2.68. The molecule has 0 saturated carbocycles. The van der Waals surface area contributed by atoms with E-state index in [1.165, 1.54) is 7.11 Å². The topological polar surface area (TPSA) is 93.9 Å². The van der Waals surface area contributed by atoms with Gasteiger partial charge in [-0.25, -0.2) is 0 Å². The maximum Gasteiger partial charge on any atom is 0.239 e. The van der Waals surface area contributed by atoms with E-state index in [1.54, 1.807) is 4.90 Å². The van der Waals surface area contributed by atoms with Crippen LogP contribution in [0.2, 0.25) is 0 Å². The van der Waals surface area contributed by atoms with Gasteiger partial charge >= 0.3 is 0 Å². The van der Waals surface area contributed by atoms with Crippen molar-refractivity contribution in [1.82, 2.24) is 10.2 Å². The summed E-state index contributed by atoms with van der Waals surface area (Å²) >= 11 is 0. The van der Waals surface area contributed by atoms with Gasteiger partial charge < -0.3 is 25.4 Å². The van der Waals surface area contributed by atoms with Crippen molar-refractivity contribution < 1.29 is 19.1 Å². The van der Waals surface area contributed by atoms with Gasteiger partial charge in [0.15, 0.2) is 0 Å². The lowest BCUT2D eigenvalue weighted by atomic mass is 10.3. The first-order chi connectivity index (χ1) is 8.65. The Kier molecular flexibility index (Phi) is 6.63. The van der Waals surface area contributed by atoms with Crippen LogP contribution in [0.15, 0.2) is 0 Å². The Morgan fingerprint density at radius 2 is 2.11 bits per heavy atom. The van der Waals surface area contributed by atoms with E-state index >= 15 is 0 Å². The number of amides is 2. The van der Waals surface area contributed by atoms with Crippen LogP contribution < -0.4 is 11.1 Å². The number of methoxy groups -OCH3 is 1. The zero-order valence-electron chi connectivity index (χ0n) is 10.7. The highest BCUT2D eigenvalue weighted by Crippen LogP contribution is 1.99. The van der Waals surface area contributed by atoms with Gasteiger partial charge in [0.1, 0.15) is 6.04 Å². The van der Waals surface area contributed by atoms with Gasteiger partial charge in [-0.15, -0.1) is 0 Å². The molecule has 18 heavy (non-hydrogen) atoms. The van der Waals surface area contributed by atoms with Crippen LogP contribution in [0.1, 0.15) is 6.42 Å². The molecule has 1 heterocycles. The molecule has 3 N–H and O–H groups in total. The lowest BCUT2D eigenvalue weighted by Gasteiger charge is -2.26. The van der Waals surface area contributed by atoms with Crippen LogP contribution in [0.3, 0.4) is 0 Å². The zero-order valence-corrected chi connectivity index (χ0v) is 10.7. The SMILES string of the molecule is COCC(N)C(=O)NCCC(=O)N1CCOCC1. The summed E-state index contributed by atoms with van der Waals surface area (Å²) in [5.74, 6) is -0.273. The number of hydrogen-bond acceptors (Lipinski definition) is 5. The molecule has 1 aliphatic rings. The molecule has 0 aromatic heterocycles. The second kappa shape index (κ2) is 8.02. The van der Waals surface area contributed by atoms with Crippen molar-refractivity contribution in [2.24, 2.45) is 5.73 Å². The average molecular weight is 259 g/mol. The van der Waals surface area contributed by atoms with E-state index in [9.17, 15) is 9.59 Å². The predicted octanol–water partition coefficient (Wildman–Crippen LogP) is -1.67. The summed E-state index contributed by atoms with van der Waals surface area (Å²) < 4.78 is 9.93. The molecule has 1 rings (SSSR count). The summed E-state index contributed by atoms with van der Waals surface area (Å²) in [7, 11) is 1.48. The minimum atomic E-state index is -0.687. The van der Waals surface area contributed by atoms with Gasteiger partial charge in [-0.3, -0.25) is 9.59 Å². The maximum atomic E-state index is 11.7. The summed E-state index contributed by atoms with van der Waals surface area (Å²) in [6.07, 6.45) is 0.283. The van der Waals surface area contributed by atoms with Gasteiger partial charge in [0.05, 0.1) is 19.8 Å². The molecule has 0 aromatic carbocycles. The largest absolute Gasteiger partial charge is 0.383 e. The van der Waals surface area contributed by atoms with Crippen LogP contribution in [-0.2, 0) is 19.1 Å². The lowest BCUT2D eigenvalue weighted by molar-refractivity contribution is -0.135. The van der Waals surface area contributed by atoms with E-state index in [4.69, 9.17) is 15.2 Å². The van der Waals surface area contributed by atoms with Gasteiger partial charge in [-0.1, -0.05) is 0 Å². The molecule has 0 radical (unpaired) electrons. The number of carbonyl (C=O) groups excluding carboxylic acids is 2. The van der Waals surface area contributed by atoms with Crippen molar-refractivity contribution in [3.8, 4) is 0 Å². The highest BCUT2D eigenvalue weighted by molar-refractivity contribution is 5.82. The van der Waals surface area contributed by atoms with Crippen molar-refractivity contribution in [3.63, 3.8) is 0 Å². The number of rotatable bonds is 6. The Morgan fingerprint density at radius 1 is 1.44 bits per heavy atom. The molecule has 1 saturated heterocycles. The second-order valence-corrected chi connectivity index (χ2v) is 4.10. The molecule has 1 fully saturated rings. The molecule has 1 unspecified atom stereocenters. The summed E-state index contributed by atoms with van der Waals surface area (Å²) in [6, 6.07) is -0.687. The van der Waals surface area contributed by atoms with Crippen LogP contribution in [0.5, 0.6) is 0 Å². The van der Waals surface area contributed by atoms with E-state index in [2.05, 4.69) is 5.32 Å². The Balaban J connectivity index is 2.16. The molecule has 7 heteroatoms. The normalized spacial score (nSPS) is 17.3. The van der Waals surface area contributed by atoms with E-state index in [0.717, 1.165) is 0 Å². The van der Waals surface area contributed by atoms with Crippen molar-refractivity contribution in [3.05, 3.63) is 0 Å². The number of morpholine rings is 1. The van der Waals surface area contributed by atoms with E-state index in [0.29, 0.717) is 32.8 Å². The van der Waals surface area contributed by atoms with Crippen LogP contribution in [-0.4, -0.2) is 69.3 Å². The van der Waals surface area contributed by atoms with Crippen LogP contribution in [0.4, 0.5) is 0 Å². The van der Waals surface area contributed by atoms with E-state index in [1.807, 2.05) is 0 Å². The standard InChI is InChI=1S/C11H21N3O4/c1-17-8-9(12)11(16)13-3-2-10(15)14-4-6-18-7-5-14/h9H,2-8,12H2,1H3,(H,13,16). The predicted molar refractivity (Wildman–Crippen MR) is 64.9 cm³/mol. The fourth-order valence-corrected chi connectivity index (χ4v) is 1.65. The molecule has 0 aliphatic carbocycles. The number of carbonyl (C=O) groups is 2. The molecule has 104 valence electrons. The van der Waals surface area contributed by atoms with Crippen LogP contribution in [0.25, 0.3) is 0 Å². The lowest BCUT2D eigenvalue weighted by Crippen LogP contribution is -2.45. The molecule has 2 amide bonds. The minimum absolute atomic E-state index is 0.0268. The number of ether oxygens (including phenoxy) is 2. The van der Waals surface area contributed by atoms with Gasteiger partial charge in [-0.05, 0) is 0 Å². The fourth-order valence-electron chi connectivity index (χ4n) is 1.65. The first kappa shape index (κ1) is 14.9. The Bertz CT molecular complexity index is 279. The van der Waals surface area contributed by atoms with Gasteiger partial charge in [0, 0.05) is 33.2 Å². The zero-order chi connectivity index (χ0) is 13.4. The fraction of sp³-hybridized carbons (Fsp3) is 0.818. The van der Waals surface area contributed by atoms with Crippen molar-refractivity contribution in [2.75, 3.05) is 46.6 Å². The third kappa shape index (κ3) is 4.99.